The third-order valence-electron chi connectivity index (χ3n) is 4.12. The molecule has 6 heteroatoms. The predicted octanol–water partition coefficient (Wildman–Crippen LogP) is 3.54. The summed E-state index contributed by atoms with van der Waals surface area (Å²) in [6.45, 7) is 1.36. The highest BCUT2D eigenvalue weighted by Gasteiger charge is 2.24. The van der Waals surface area contributed by atoms with E-state index in [1.165, 1.54) is 22.9 Å². The van der Waals surface area contributed by atoms with Crippen LogP contribution in [0.5, 0.6) is 0 Å². The van der Waals surface area contributed by atoms with Gasteiger partial charge in [0, 0.05) is 30.8 Å². The maximum Gasteiger partial charge on any atom is 0.157 e. The van der Waals surface area contributed by atoms with Crippen LogP contribution >= 0.6 is 0 Å². The molecule has 0 fully saturated rings. The number of anilines is 2. The SMILES string of the molecule is Fc1cccc(F)c1-n1nc(Nc2ccccc2)c2c1CCNC2. The smallest absolute Gasteiger partial charge is 0.157 e. The van der Waals surface area contributed by atoms with Crippen molar-refractivity contribution in [2.75, 3.05) is 11.9 Å². The molecule has 0 atom stereocenters. The third-order valence-corrected chi connectivity index (χ3v) is 4.12. The molecule has 0 bridgehead atoms. The number of nitrogens with zero attached hydrogens (tertiary/aromatic N) is 2. The van der Waals surface area contributed by atoms with Crippen molar-refractivity contribution in [3.63, 3.8) is 0 Å². The van der Waals surface area contributed by atoms with Crippen LogP contribution in [0.1, 0.15) is 11.3 Å². The molecule has 2 N–H and O–H groups in total. The average molecular weight is 326 g/mol. The molecule has 4 nitrogen and oxygen atoms in total. The molecule has 4 rings (SSSR count). The van der Waals surface area contributed by atoms with Crippen molar-refractivity contribution in [1.82, 2.24) is 15.1 Å². The summed E-state index contributed by atoms with van der Waals surface area (Å²) in [7, 11) is 0. The van der Waals surface area contributed by atoms with Crippen molar-refractivity contribution >= 4 is 11.5 Å². The molecular weight excluding hydrogens is 310 g/mol. The minimum Gasteiger partial charge on any atom is -0.338 e. The van der Waals surface area contributed by atoms with E-state index in [0.717, 1.165) is 23.5 Å². The monoisotopic (exact) mass is 326 g/mol. The van der Waals surface area contributed by atoms with E-state index >= 15 is 0 Å². The molecule has 1 aliphatic rings. The molecule has 0 amide bonds. The van der Waals surface area contributed by atoms with Crippen LogP contribution in [0, 0.1) is 11.6 Å². The van der Waals surface area contributed by atoms with Gasteiger partial charge in [-0.1, -0.05) is 24.3 Å². The molecule has 24 heavy (non-hydrogen) atoms. The first-order chi connectivity index (χ1) is 11.7. The summed E-state index contributed by atoms with van der Waals surface area (Å²) in [5, 5.41) is 11.0. The number of benzene rings is 2. The Morgan fingerprint density at radius 3 is 2.50 bits per heavy atom. The summed E-state index contributed by atoms with van der Waals surface area (Å²) < 4.78 is 29.8. The second-order valence-corrected chi connectivity index (χ2v) is 5.67. The quantitative estimate of drug-likeness (QED) is 0.773. The number of hydrogen-bond acceptors (Lipinski definition) is 3. The van der Waals surface area contributed by atoms with Crippen LogP contribution in [-0.4, -0.2) is 16.3 Å². The highest BCUT2D eigenvalue weighted by atomic mass is 19.1. The molecule has 1 aliphatic heterocycles. The number of halogens is 2. The molecule has 1 aromatic heterocycles. The highest BCUT2D eigenvalue weighted by Crippen LogP contribution is 2.29. The van der Waals surface area contributed by atoms with Crippen LogP contribution < -0.4 is 10.6 Å². The lowest BCUT2D eigenvalue weighted by Crippen LogP contribution is -2.25. The van der Waals surface area contributed by atoms with Crippen molar-refractivity contribution in [1.29, 1.82) is 0 Å². The molecule has 3 aromatic rings. The number of para-hydroxylation sites is 2. The van der Waals surface area contributed by atoms with Gasteiger partial charge in [-0.05, 0) is 24.3 Å². The van der Waals surface area contributed by atoms with Gasteiger partial charge in [-0.25, -0.2) is 13.5 Å². The first-order valence-corrected chi connectivity index (χ1v) is 7.82. The van der Waals surface area contributed by atoms with Gasteiger partial charge in [0.1, 0.15) is 5.69 Å². The van der Waals surface area contributed by atoms with Gasteiger partial charge in [0.25, 0.3) is 0 Å². The van der Waals surface area contributed by atoms with Gasteiger partial charge in [-0.2, -0.15) is 0 Å². The molecule has 2 aromatic carbocycles. The van der Waals surface area contributed by atoms with Gasteiger partial charge in [-0.15, -0.1) is 5.10 Å². The number of fused-ring (bicyclic) bond motifs is 1. The largest absolute Gasteiger partial charge is 0.338 e. The standard InChI is InChI=1S/C18H16F2N4/c19-14-7-4-8-15(20)17(14)24-16-9-10-21-11-13(16)18(23-24)22-12-5-2-1-3-6-12/h1-8,21H,9-11H2,(H,22,23). The number of hydrogen-bond donors (Lipinski definition) is 2. The minimum atomic E-state index is -0.620. The van der Waals surface area contributed by atoms with Crippen molar-refractivity contribution in [2.24, 2.45) is 0 Å². The summed E-state index contributed by atoms with van der Waals surface area (Å²) in [4.78, 5) is 0. The number of aromatic nitrogens is 2. The molecule has 2 heterocycles. The third kappa shape index (κ3) is 2.55. The van der Waals surface area contributed by atoms with Crippen molar-refractivity contribution in [3.8, 4) is 5.69 Å². The fourth-order valence-electron chi connectivity index (χ4n) is 2.98. The molecule has 0 saturated heterocycles. The lowest BCUT2D eigenvalue weighted by molar-refractivity contribution is 0.548. The summed E-state index contributed by atoms with van der Waals surface area (Å²) in [5.41, 5.74) is 2.52. The molecule has 0 aliphatic carbocycles. The van der Waals surface area contributed by atoms with Crippen LogP contribution in [0.2, 0.25) is 0 Å². The van der Waals surface area contributed by atoms with Gasteiger partial charge in [-0.3, -0.25) is 0 Å². The van der Waals surface area contributed by atoms with E-state index in [4.69, 9.17) is 0 Å². The van der Waals surface area contributed by atoms with E-state index in [-0.39, 0.29) is 5.69 Å². The van der Waals surface area contributed by atoms with Gasteiger partial charge in [0.15, 0.2) is 17.5 Å². The first kappa shape index (κ1) is 14.8. The maximum absolute atomic E-state index is 14.2. The van der Waals surface area contributed by atoms with Crippen molar-refractivity contribution in [2.45, 2.75) is 13.0 Å². The summed E-state index contributed by atoms with van der Waals surface area (Å²) in [5.74, 6) is -0.624. The van der Waals surface area contributed by atoms with E-state index < -0.39 is 11.6 Å². The Bertz CT molecular complexity index is 854. The van der Waals surface area contributed by atoms with E-state index in [0.29, 0.717) is 18.8 Å². The fourth-order valence-corrected chi connectivity index (χ4v) is 2.98. The molecule has 0 spiro atoms. The minimum absolute atomic E-state index is 0.128. The second kappa shape index (κ2) is 6.05. The van der Waals surface area contributed by atoms with Crippen molar-refractivity contribution in [3.05, 3.63) is 71.4 Å². The molecular formula is C18H16F2N4. The van der Waals surface area contributed by atoms with Crippen LogP contribution in [-0.2, 0) is 13.0 Å². The average Bonchev–Trinajstić information content (AvgIpc) is 2.94. The van der Waals surface area contributed by atoms with Gasteiger partial charge < -0.3 is 10.6 Å². The van der Waals surface area contributed by atoms with Crippen LogP contribution in [0.25, 0.3) is 5.69 Å². The Hall–Kier alpha value is -2.73. The normalized spacial score (nSPS) is 13.6. The van der Waals surface area contributed by atoms with Crippen LogP contribution in [0.3, 0.4) is 0 Å². The van der Waals surface area contributed by atoms with Crippen molar-refractivity contribution < 1.29 is 8.78 Å². The Morgan fingerprint density at radius 2 is 1.75 bits per heavy atom. The van der Waals surface area contributed by atoms with Gasteiger partial charge in [0.2, 0.25) is 0 Å². The lowest BCUT2D eigenvalue weighted by Gasteiger charge is -2.16. The van der Waals surface area contributed by atoms with Gasteiger partial charge >= 0.3 is 0 Å². The lowest BCUT2D eigenvalue weighted by atomic mass is 10.1. The Kier molecular flexibility index (Phi) is 3.74. The molecule has 0 saturated carbocycles. The van der Waals surface area contributed by atoms with E-state index in [1.54, 1.807) is 0 Å². The topological polar surface area (TPSA) is 41.9 Å². The zero-order valence-electron chi connectivity index (χ0n) is 12.9. The number of nitrogens with one attached hydrogen (secondary N) is 2. The fraction of sp³-hybridized carbons (Fsp3) is 0.167. The number of rotatable bonds is 3. The van der Waals surface area contributed by atoms with Gasteiger partial charge in [0.05, 0.1) is 5.69 Å². The molecule has 0 unspecified atom stereocenters. The highest BCUT2D eigenvalue weighted by molar-refractivity contribution is 5.61. The first-order valence-electron chi connectivity index (χ1n) is 7.82. The summed E-state index contributed by atoms with van der Waals surface area (Å²) in [6, 6.07) is 13.5. The van der Waals surface area contributed by atoms with E-state index in [9.17, 15) is 8.78 Å². The summed E-state index contributed by atoms with van der Waals surface area (Å²) in [6.07, 6.45) is 0.659. The predicted molar refractivity (Wildman–Crippen MR) is 88.6 cm³/mol. The zero-order chi connectivity index (χ0) is 16.5. The second-order valence-electron chi connectivity index (χ2n) is 5.67. The van der Waals surface area contributed by atoms with Crippen LogP contribution in [0.15, 0.2) is 48.5 Å². The Balaban J connectivity index is 1.84. The zero-order valence-corrected chi connectivity index (χ0v) is 12.9. The van der Waals surface area contributed by atoms with Crippen LogP contribution in [0.4, 0.5) is 20.3 Å². The Morgan fingerprint density at radius 1 is 1.00 bits per heavy atom. The summed E-state index contributed by atoms with van der Waals surface area (Å²) >= 11 is 0. The van der Waals surface area contributed by atoms with E-state index in [2.05, 4.69) is 15.7 Å². The molecule has 122 valence electrons. The van der Waals surface area contributed by atoms with E-state index in [1.807, 2.05) is 30.3 Å². The maximum atomic E-state index is 14.2. The molecule has 0 radical (unpaired) electrons. The Labute approximate surface area is 138 Å².